The highest BCUT2D eigenvalue weighted by Crippen LogP contribution is 1.95. The van der Waals surface area contributed by atoms with Crippen LogP contribution in [0.3, 0.4) is 0 Å². The van der Waals surface area contributed by atoms with Crippen molar-refractivity contribution in [2.45, 2.75) is 18.9 Å². The van der Waals surface area contributed by atoms with E-state index in [9.17, 15) is 9.59 Å². The molecule has 64 valence electrons. The Labute approximate surface area is 64.6 Å². The second kappa shape index (κ2) is 4.68. The summed E-state index contributed by atoms with van der Waals surface area (Å²) in [6, 6.07) is 0. The highest BCUT2D eigenvalue weighted by molar-refractivity contribution is 5.81. The molecule has 0 aromatic heterocycles. The molecule has 0 spiro atoms. The molecule has 0 aliphatic heterocycles. The number of nitrogens with one attached hydrogen (secondary N) is 1. The van der Waals surface area contributed by atoms with E-state index in [2.05, 4.69) is 5.32 Å². The van der Waals surface area contributed by atoms with Crippen LogP contribution in [-0.2, 0) is 9.59 Å². The van der Waals surface area contributed by atoms with Gasteiger partial charge in [-0.3, -0.25) is 9.59 Å². The minimum Gasteiger partial charge on any atom is -0.383 e. The summed E-state index contributed by atoms with van der Waals surface area (Å²) >= 11 is 0. The molecule has 11 heavy (non-hydrogen) atoms. The number of amides is 2. The Balaban J connectivity index is 3.60. The highest BCUT2D eigenvalue weighted by Gasteiger charge is 2.13. The SMILES string of the molecule is CNC(=O)[C@H](O)CCC(N)=O. The van der Waals surface area contributed by atoms with E-state index in [4.69, 9.17) is 10.8 Å². The van der Waals surface area contributed by atoms with E-state index in [-0.39, 0.29) is 12.8 Å². The van der Waals surface area contributed by atoms with Crippen LogP contribution in [0.5, 0.6) is 0 Å². The van der Waals surface area contributed by atoms with Gasteiger partial charge in [0.1, 0.15) is 6.10 Å². The Bertz CT molecular complexity index is 158. The summed E-state index contributed by atoms with van der Waals surface area (Å²) in [7, 11) is 1.41. The molecule has 0 aliphatic rings. The summed E-state index contributed by atoms with van der Waals surface area (Å²) in [5.74, 6) is -1.01. The highest BCUT2D eigenvalue weighted by atomic mass is 16.3. The fourth-order valence-electron chi connectivity index (χ4n) is 0.577. The Morgan fingerprint density at radius 3 is 2.55 bits per heavy atom. The fraction of sp³-hybridized carbons (Fsp3) is 0.667. The van der Waals surface area contributed by atoms with Crippen molar-refractivity contribution in [2.24, 2.45) is 5.73 Å². The van der Waals surface area contributed by atoms with Crippen LogP contribution in [0.25, 0.3) is 0 Å². The molecule has 0 saturated heterocycles. The van der Waals surface area contributed by atoms with Gasteiger partial charge in [-0.05, 0) is 6.42 Å². The molecule has 2 amide bonds. The monoisotopic (exact) mass is 160 g/mol. The number of carbonyl (C=O) groups is 2. The lowest BCUT2D eigenvalue weighted by molar-refractivity contribution is -0.129. The summed E-state index contributed by atoms with van der Waals surface area (Å²) in [6.07, 6.45) is -1.03. The number of carbonyl (C=O) groups excluding carboxylic acids is 2. The summed E-state index contributed by atoms with van der Waals surface area (Å²) in [6.45, 7) is 0. The lowest BCUT2D eigenvalue weighted by atomic mass is 10.2. The van der Waals surface area contributed by atoms with E-state index in [1.54, 1.807) is 0 Å². The van der Waals surface area contributed by atoms with Crippen molar-refractivity contribution in [3.63, 3.8) is 0 Å². The largest absolute Gasteiger partial charge is 0.383 e. The maximum absolute atomic E-state index is 10.6. The molecule has 0 unspecified atom stereocenters. The molecule has 0 heterocycles. The average molecular weight is 160 g/mol. The van der Waals surface area contributed by atoms with Crippen LogP contribution < -0.4 is 11.1 Å². The molecule has 0 saturated carbocycles. The molecule has 0 fully saturated rings. The second-order valence-electron chi connectivity index (χ2n) is 2.14. The molecule has 4 N–H and O–H groups in total. The van der Waals surface area contributed by atoms with E-state index in [1.165, 1.54) is 7.05 Å². The van der Waals surface area contributed by atoms with Gasteiger partial charge in [0.2, 0.25) is 11.8 Å². The maximum atomic E-state index is 10.6. The van der Waals surface area contributed by atoms with Crippen LogP contribution in [0, 0.1) is 0 Å². The fourth-order valence-corrected chi connectivity index (χ4v) is 0.577. The van der Waals surface area contributed by atoms with Gasteiger partial charge in [-0.15, -0.1) is 0 Å². The molecule has 0 radical (unpaired) electrons. The van der Waals surface area contributed by atoms with Gasteiger partial charge in [-0.25, -0.2) is 0 Å². The first-order valence-corrected chi connectivity index (χ1v) is 3.26. The number of hydrogen-bond acceptors (Lipinski definition) is 3. The lowest BCUT2D eigenvalue weighted by Gasteiger charge is -2.06. The maximum Gasteiger partial charge on any atom is 0.248 e. The molecule has 0 aromatic rings. The molecule has 0 rings (SSSR count). The minimum absolute atomic E-state index is 0.0224. The summed E-state index contributed by atoms with van der Waals surface area (Å²) in [5.41, 5.74) is 4.80. The zero-order valence-electron chi connectivity index (χ0n) is 6.33. The van der Waals surface area contributed by atoms with Crippen LogP contribution in [-0.4, -0.2) is 30.1 Å². The summed E-state index contributed by atoms with van der Waals surface area (Å²) < 4.78 is 0. The van der Waals surface area contributed by atoms with Crippen molar-refractivity contribution >= 4 is 11.8 Å². The zero-order valence-corrected chi connectivity index (χ0v) is 6.33. The van der Waals surface area contributed by atoms with Crippen LogP contribution in [0.4, 0.5) is 0 Å². The van der Waals surface area contributed by atoms with Gasteiger partial charge in [0.05, 0.1) is 0 Å². The van der Waals surface area contributed by atoms with E-state index >= 15 is 0 Å². The van der Waals surface area contributed by atoms with Gasteiger partial charge in [0.15, 0.2) is 0 Å². The van der Waals surface area contributed by atoms with Crippen LogP contribution in [0.2, 0.25) is 0 Å². The molecular weight excluding hydrogens is 148 g/mol. The van der Waals surface area contributed by atoms with E-state index in [0.29, 0.717) is 0 Å². The Morgan fingerprint density at radius 2 is 2.18 bits per heavy atom. The smallest absolute Gasteiger partial charge is 0.248 e. The van der Waals surface area contributed by atoms with Crippen LogP contribution in [0.1, 0.15) is 12.8 Å². The topological polar surface area (TPSA) is 92.4 Å². The van der Waals surface area contributed by atoms with Crippen molar-refractivity contribution in [2.75, 3.05) is 7.05 Å². The molecule has 5 nitrogen and oxygen atoms in total. The number of aliphatic hydroxyl groups is 1. The molecule has 0 aromatic carbocycles. The number of rotatable bonds is 4. The first-order chi connectivity index (χ1) is 5.07. The minimum atomic E-state index is -1.13. The van der Waals surface area contributed by atoms with Crippen molar-refractivity contribution in [3.8, 4) is 0 Å². The van der Waals surface area contributed by atoms with Crippen molar-refractivity contribution in [3.05, 3.63) is 0 Å². The zero-order chi connectivity index (χ0) is 8.85. The Morgan fingerprint density at radius 1 is 1.64 bits per heavy atom. The number of likely N-dealkylation sites (N-methyl/N-ethyl adjacent to an activating group) is 1. The summed E-state index contributed by atoms with van der Waals surface area (Å²) in [4.78, 5) is 20.8. The first kappa shape index (κ1) is 9.90. The van der Waals surface area contributed by atoms with Crippen molar-refractivity contribution < 1.29 is 14.7 Å². The lowest BCUT2D eigenvalue weighted by Crippen LogP contribution is -2.32. The standard InChI is InChI=1S/C6H12N2O3/c1-8-6(11)4(9)2-3-5(7)10/h4,9H,2-3H2,1H3,(H2,7,10)(H,8,11)/t4-/m1/s1. The third-order valence-corrected chi connectivity index (χ3v) is 1.21. The van der Waals surface area contributed by atoms with Gasteiger partial charge in [-0.2, -0.15) is 0 Å². The summed E-state index contributed by atoms with van der Waals surface area (Å²) in [5, 5.41) is 11.2. The van der Waals surface area contributed by atoms with E-state index in [0.717, 1.165) is 0 Å². The predicted molar refractivity (Wildman–Crippen MR) is 38.5 cm³/mol. The third-order valence-electron chi connectivity index (χ3n) is 1.21. The molecule has 0 bridgehead atoms. The van der Waals surface area contributed by atoms with Crippen molar-refractivity contribution in [1.29, 1.82) is 0 Å². The van der Waals surface area contributed by atoms with Gasteiger partial charge < -0.3 is 16.2 Å². The number of aliphatic hydroxyl groups excluding tert-OH is 1. The molecular formula is C6H12N2O3. The molecule has 5 heteroatoms. The van der Waals surface area contributed by atoms with Crippen molar-refractivity contribution in [1.82, 2.24) is 5.32 Å². The number of hydrogen-bond donors (Lipinski definition) is 3. The van der Waals surface area contributed by atoms with Gasteiger partial charge in [0, 0.05) is 13.5 Å². The van der Waals surface area contributed by atoms with Gasteiger partial charge >= 0.3 is 0 Å². The Kier molecular flexibility index (Phi) is 4.21. The first-order valence-electron chi connectivity index (χ1n) is 3.26. The normalized spacial score (nSPS) is 12.2. The number of nitrogens with two attached hydrogens (primary N) is 1. The third kappa shape index (κ3) is 4.32. The van der Waals surface area contributed by atoms with Gasteiger partial charge in [-0.1, -0.05) is 0 Å². The molecule has 0 aliphatic carbocycles. The van der Waals surface area contributed by atoms with Crippen LogP contribution in [0.15, 0.2) is 0 Å². The number of primary amides is 1. The van der Waals surface area contributed by atoms with Crippen LogP contribution >= 0.6 is 0 Å². The predicted octanol–water partition coefficient (Wildman–Crippen LogP) is -1.64. The Hall–Kier alpha value is -1.10. The molecule has 1 atom stereocenters. The average Bonchev–Trinajstić information content (AvgIpc) is 1.98. The second-order valence-corrected chi connectivity index (χ2v) is 2.14. The van der Waals surface area contributed by atoms with E-state index < -0.39 is 17.9 Å². The quantitative estimate of drug-likeness (QED) is 0.460. The van der Waals surface area contributed by atoms with E-state index in [1.807, 2.05) is 0 Å². The van der Waals surface area contributed by atoms with Gasteiger partial charge in [0.25, 0.3) is 0 Å².